The molecule has 6 heteroatoms. The zero-order chi connectivity index (χ0) is 13.5. The van der Waals surface area contributed by atoms with Crippen LogP contribution in [0, 0.1) is 11.8 Å². The topological polar surface area (TPSA) is 78.5 Å². The van der Waals surface area contributed by atoms with Gasteiger partial charge in [0, 0.05) is 12.6 Å². The van der Waals surface area contributed by atoms with Gasteiger partial charge in [0.2, 0.25) is 5.95 Å². The van der Waals surface area contributed by atoms with E-state index in [1.807, 2.05) is 6.92 Å². The molecule has 0 amide bonds. The van der Waals surface area contributed by atoms with Gasteiger partial charge < -0.3 is 15.6 Å². The minimum Gasteiger partial charge on any atom is -0.365 e. The van der Waals surface area contributed by atoms with Crippen molar-refractivity contribution in [3.8, 4) is 0 Å². The third-order valence-electron chi connectivity index (χ3n) is 4.68. The first-order chi connectivity index (χ1) is 9.83. The average Bonchev–Trinajstić information content (AvgIpc) is 3.14. The molecule has 2 aromatic heterocycles. The Labute approximate surface area is 117 Å². The maximum atomic E-state index is 4.61. The Balaban J connectivity index is 1.65. The smallest absolute Gasteiger partial charge is 0.226 e. The van der Waals surface area contributed by atoms with Gasteiger partial charge in [0.05, 0.1) is 6.33 Å². The number of H-pyrrole nitrogens is 1. The van der Waals surface area contributed by atoms with Crippen LogP contribution in [0.4, 0.5) is 11.8 Å². The van der Waals surface area contributed by atoms with Gasteiger partial charge in [-0.2, -0.15) is 9.97 Å². The monoisotopic (exact) mass is 272 g/mol. The van der Waals surface area contributed by atoms with Crippen LogP contribution in [-0.2, 0) is 0 Å². The molecular weight excluding hydrogens is 252 g/mol. The lowest BCUT2D eigenvalue weighted by atomic mass is 9.95. The number of hydrogen-bond acceptors (Lipinski definition) is 5. The fourth-order valence-electron chi connectivity index (χ4n) is 3.77. The second-order valence-corrected chi connectivity index (χ2v) is 5.95. The molecule has 0 saturated heterocycles. The van der Waals surface area contributed by atoms with Crippen molar-refractivity contribution >= 4 is 22.9 Å². The number of rotatable bonds is 4. The maximum Gasteiger partial charge on any atom is 0.226 e. The SMILES string of the molecule is CCNc1nc(NC2CC3CCC2C3)c2[nH]cnc2n1. The second-order valence-electron chi connectivity index (χ2n) is 5.95. The summed E-state index contributed by atoms with van der Waals surface area (Å²) in [5.41, 5.74) is 1.64. The molecule has 3 unspecified atom stereocenters. The molecule has 2 fully saturated rings. The van der Waals surface area contributed by atoms with Crippen LogP contribution in [0.2, 0.25) is 0 Å². The van der Waals surface area contributed by atoms with Gasteiger partial charge in [0.25, 0.3) is 0 Å². The fourth-order valence-corrected chi connectivity index (χ4v) is 3.77. The van der Waals surface area contributed by atoms with Crippen molar-refractivity contribution < 1.29 is 0 Å². The van der Waals surface area contributed by atoms with E-state index in [2.05, 4.69) is 30.6 Å². The molecule has 2 bridgehead atoms. The van der Waals surface area contributed by atoms with E-state index in [4.69, 9.17) is 0 Å². The molecule has 0 aliphatic heterocycles. The van der Waals surface area contributed by atoms with Crippen LogP contribution < -0.4 is 10.6 Å². The summed E-state index contributed by atoms with van der Waals surface area (Å²) in [4.78, 5) is 16.4. The molecule has 3 atom stereocenters. The first kappa shape index (κ1) is 11.9. The summed E-state index contributed by atoms with van der Waals surface area (Å²) in [6.07, 6.45) is 7.12. The number of nitrogens with zero attached hydrogens (tertiary/aromatic N) is 3. The average molecular weight is 272 g/mol. The molecule has 0 spiro atoms. The summed E-state index contributed by atoms with van der Waals surface area (Å²) in [5, 5.41) is 6.81. The Hall–Kier alpha value is -1.85. The zero-order valence-electron chi connectivity index (χ0n) is 11.7. The molecule has 2 aliphatic rings. The molecule has 20 heavy (non-hydrogen) atoms. The molecule has 4 rings (SSSR count). The number of aromatic amines is 1. The van der Waals surface area contributed by atoms with Gasteiger partial charge in [0.15, 0.2) is 11.5 Å². The Morgan fingerprint density at radius 1 is 1.30 bits per heavy atom. The standard InChI is InChI=1S/C14H20N6/c1-2-15-14-19-12-11(16-7-17-12)13(20-14)18-10-6-8-3-4-9(10)5-8/h7-10H,2-6H2,1H3,(H3,15,16,17,18,19,20). The summed E-state index contributed by atoms with van der Waals surface area (Å²) in [6.45, 7) is 2.85. The summed E-state index contributed by atoms with van der Waals surface area (Å²) < 4.78 is 0. The molecule has 2 aromatic rings. The van der Waals surface area contributed by atoms with E-state index in [0.717, 1.165) is 35.4 Å². The minimum atomic E-state index is 0.560. The molecule has 2 heterocycles. The number of anilines is 2. The highest BCUT2D eigenvalue weighted by molar-refractivity contribution is 5.83. The van der Waals surface area contributed by atoms with Gasteiger partial charge in [-0.3, -0.25) is 0 Å². The Bertz CT molecular complexity index is 621. The van der Waals surface area contributed by atoms with Gasteiger partial charge in [-0.1, -0.05) is 6.42 Å². The summed E-state index contributed by atoms with van der Waals surface area (Å²) >= 11 is 0. The van der Waals surface area contributed by atoms with Crippen LogP contribution in [-0.4, -0.2) is 32.5 Å². The predicted molar refractivity (Wildman–Crippen MR) is 78.7 cm³/mol. The largest absolute Gasteiger partial charge is 0.365 e. The number of imidazole rings is 1. The van der Waals surface area contributed by atoms with Crippen molar-refractivity contribution in [2.75, 3.05) is 17.2 Å². The van der Waals surface area contributed by atoms with Crippen molar-refractivity contribution in [3.05, 3.63) is 6.33 Å². The summed E-state index contributed by atoms with van der Waals surface area (Å²) in [7, 11) is 0. The normalized spacial score (nSPS) is 28.1. The molecule has 2 saturated carbocycles. The van der Waals surface area contributed by atoms with Gasteiger partial charge in [0.1, 0.15) is 5.52 Å². The highest BCUT2D eigenvalue weighted by Crippen LogP contribution is 2.45. The molecule has 3 N–H and O–H groups in total. The van der Waals surface area contributed by atoms with E-state index in [-0.39, 0.29) is 0 Å². The molecule has 6 nitrogen and oxygen atoms in total. The fraction of sp³-hybridized carbons (Fsp3) is 0.643. The Morgan fingerprint density at radius 3 is 3.00 bits per heavy atom. The van der Waals surface area contributed by atoms with E-state index in [0.29, 0.717) is 12.0 Å². The summed E-state index contributed by atoms with van der Waals surface area (Å²) in [5.74, 6) is 3.28. The first-order valence-corrected chi connectivity index (χ1v) is 7.55. The van der Waals surface area contributed by atoms with Crippen LogP contribution in [0.25, 0.3) is 11.2 Å². The first-order valence-electron chi connectivity index (χ1n) is 7.55. The highest BCUT2D eigenvalue weighted by atomic mass is 15.2. The number of fused-ring (bicyclic) bond motifs is 3. The van der Waals surface area contributed by atoms with E-state index in [1.165, 1.54) is 25.7 Å². The molecule has 0 aromatic carbocycles. The quantitative estimate of drug-likeness (QED) is 0.796. The lowest BCUT2D eigenvalue weighted by Crippen LogP contribution is -2.26. The van der Waals surface area contributed by atoms with Gasteiger partial charge in [-0.15, -0.1) is 0 Å². The van der Waals surface area contributed by atoms with E-state index in [9.17, 15) is 0 Å². The van der Waals surface area contributed by atoms with Gasteiger partial charge >= 0.3 is 0 Å². The number of aromatic nitrogens is 4. The molecule has 0 radical (unpaired) electrons. The van der Waals surface area contributed by atoms with Gasteiger partial charge in [-0.05, 0) is 38.0 Å². The zero-order valence-corrected chi connectivity index (χ0v) is 11.7. The Kier molecular flexibility index (Phi) is 2.75. The van der Waals surface area contributed by atoms with Crippen molar-refractivity contribution in [2.24, 2.45) is 11.8 Å². The number of hydrogen-bond donors (Lipinski definition) is 3. The van der Waals surface area contributed by atoms with Crippen LogP contribution >= 0.6 is 0 Å². The predicted octanol–water partition coefficient (Wildman–Crippen LogP) is 2.39. The third kappa shape index (κ3) is 1.90. The lowest BCUT2D eigenvalue weighted by Gasteiger charge is -2.23. The van der Waals surface area contributed by atoms with Crippen LogP contribution in [0.1, 0.15) is 32.6 Å². The summed E-state index contributed by atoms with van der Waals surface area (Å²) in [6, 6.07) is 0.560. The minimum absolute atomic E-state index is 0.560. The molecule has 106 valence electrons. The number of nitrogens with one attached hydrogen (secondary N) is 3. The molecular formula is C14H20N6. The maximum absolute atomic E-state index is 4.61. The van der Waals surface area contributed by atoms with Crippen LogP contribution in [0.5, 0.6) is 0 Å². The van der Waals surface area contributed by atoms with Gasteiger partial charge in [-0.25, -0.2) is 4.98 Å². The van der Waals surface area contributed by atoms with E-state index in [1.54, 1.807) is 6.33 Å². The van der Waals surface area contributed by atoms with Crippen molar-refractivity contribution in [1.29, 1.82) is 0 Å². The third-order valence-corrected chi connectivity index (χ3v) is 4.68. The van der Waals surface area contributed by atoms with Crippen molar-refractivity contribution in [2.45, 2.75) is 38.6 Å². The van der Waals surface area contributed by atoms with Crippen LogP contribution in [0.15, 0.2) is 6.33 Å². The Morgan fingerprint density at radius 2 is 2.25 bits per heavy atom. The van der Waals surface area contributed by atoms with Crippen LogP contribution in [0.3, 0.4) is 0 Å². The van der Waals surface area contributed by atoms with E-state index < -0.39 is 0 Å². The molecule has 2 aliphatic carbocycles. The second kappa shape index (κ2) is 4.61. The highest BCUT2D eigenvalue weighted by Gasteiger charge is 2.39. The van der Waals surface area contributed by atoms with Crippen molar-refractivity contribution in [1.82, 2.24) is 19.9 Å². The van der Waals surface area contributed by atoms with E-state index >= 15 is 0 Å². The lowest BCUT2D eigenvalue weighted by molar-refractivity contribution is 0.439. The van der Waals surface area contributed by atoms with Crippen molar-refractivity contribution in [3.63, 3.8) is 0 Å².